The predicted molar refractivity (Wildman–Crippen MR) is 133 cm³/mol. The Balaban J connectivity index is 1.51. The van der Waals surface area contributed by atoms with Crippen molar-refractivity contribution in [2.24, 2.45) is 0 Å². The van der Waals surface area contributed by atoms with Crippen LogP contribution in [0.15, 0.2) is 76.3 Å². The quantitative estimate of drug-likeness (QED) is 0.429. The van der Waals surface area contributed by atoms with Gasteiger partial charge in [-0.15, -0.1) is 0 Å². The first kappa shape index (κ1) is 22.9. The molecular formula is C26H22N4O6. The van der Waals surface area contributed by atoms with Crippen molar-refractivity contribution in [1.29, 1.82) is 0 Å². The number of carbonyl (C=O) groups is 2. The second kappa shape index (κ2) is 9.41. The molecule has 0 fully saturated rings. The van der Waals surface area contributed by atoms with Crippen LogP contribution in [0.2, 0.25) is 0 Å². The molecule has 2 N–H and O–H groups in total. The third-order valence-electron chi connectivity index (χ3n) is 5.85. The molecule has 0 unspecified atom stereocenters. The van der Waals surface area contributed by atoms with Gasteiger partial charge in [-0.25, -0.2) is 9.36 Å². The average Bonchev–Trinajstić information content (AvgIpc) is 3.35. The highest BCUT2D eigenvalue weighted by Crippen LogP contribution is 2.34. The molecule has 10 heteroatoms. The zero-order chi connectivity index (χ0) is 25.2. The van der Waals surface area contributed by atoms with E-state index in [1.165, 1.54) is 4.57 Å². The Morgan fingerprint density at radius 1 is 0.917 bits per heavy atom. The molecule has 182 valence electrons. The van der Waals surface area contributed by atoms with E-state index in [0.717, 1.165) is 10.1 Å². The van der Waals surface area contributed by atoms with Gasteiger partial charge in [0.05, 0.1) is 23.0 Å². The number of benzene rings is 3. The second-order valence-electron chi connectivity index (χ2n) is 8.16. The average molecular weight is 486 g/mol. The number of para-hydroxylation sites is 1. The minimum absolute atomic E-state index is 0.114. The number of aromatic nitrogens is 2. The first-order valence-electron chi connectivity index (χ1n) is 11.2. The molecule has 0 saturated heterocycles. The summed E-state index contributed by atoms with van der Waals surface area (Å²) in [7, 11) is 1.55. The minimum atomic E-state index is -0.654. The highest BCUT2D eigenvalue weighted by atomic mass is 16.7. The molecule has 1 aliphatic rings. The number of ether oxygens (including phenoxy) is 2. The largest absolute Gasteiger partial charge is 0.454 e. The SMILES string of the molecule is CNC(=O)Cc1ccc(-n2c(=O)c3ccccc3n(CC(=O)Nc3ccc4c(c3)OCO4)c2=O)cc1. The molecule has 1 aliphatic heterocycles. The van der Waals surface area contributed by atoms with Crippen molar-refractivity contribution in [3.05, 3.63) is 93.1 Å². The van der Waals surface area contributed by atoms with Gasteiger partial charge in [0.2, 0.25) is 18.6 Å². The number of anilines is 1. The topological polar surface area (TPSA) is 121 Å². The zero-order valence-corrected chi connectivity index (χ0v) is 19.3. The van der Waals surface area contributed by atoms with Crippen LogP contribution in [0.1, 0.15) is 5.56 Å². The highest BCUT2D eigenvalue weighted by molar-refractivity contribution is 5.92. The summed E-state index contributed by atoms with van der Waals surface area (Å²) >= 11 is 0. The minimum Gasteiger partial charge on any atom is -0.454 e. The molecule has 0 atom stereocenters. The number of nitrogens with one attached hydrogen (secondary N) is 2. The van der Waals surface area contributed by atoms with Crippen molar-refractivity contribution in [3.8, 4) is 17.2 Å². The number of rotatable bonds is 6. The van der Waals surface area contributed by atoms with Crippen LogP contribution in [-0.4, -0.2) is 34.8 Å². The number of carbonyl (C=O) groups excluding carboxylic acids is 2. The molecule has 4 aromatic rings. The van der Waals surface area contributed by atoms with Crippen LogP contribution < -0.4 is 31.4 Å². The Labute approximate surface area is 204 Å². The van der Waals surface area contributed by atoms with Crippen LogP contribution in [-0.2, 0) is 22.6 Å². The van der Waals surface area contributed by atoms with E-state index < -0.39 is 17.2 Å². The van der Waals surface area contributed by atoms with Crippen LogP contribution in [0.3, 0.4) is 0 Å². The van der Waals surface area contributed by atoms with E-state index in [9.17, 15) is 19.2 Å². The lowest BCUT2D eigenvalue weighted by molar-refractivity contribution is -0.120. The van der Waals surface area contributed by atoms with E-state index in [4.69, 9.17) is 9.47 Å². The molecule has 0 bridgehead atoms. The molecule has 3 aromatic carbocycles. The van der Waals surface area contributed by atoms with Crippen LogP contribution in [0, 0.1) is 0 Å². The number of hydrogen-bond acceptors (Lipinski definition) is 6. The number of likely N-dealkylation sites (N-methyl/N-ethyl adjacent to an activating group) is 1. The maximum Gasteiger partial charge on any atom is 0.336 e. The van der Waals surface area contributed by atoms with Gasteiger partial charge in [-0.1, -0.05) is 24.3 Å². The zero-order valence-electron chi connectivity index (χ0n) is 19.3. The summed E-state index contributed by atoms with van der Waals surface area (Å²) in [6.07, 6.45) is 0.174. The molecule has 2 heterocycles. The number of nitrogens with zero attached hydrogens (tertiary/aromatic N) is 2. The van der Waals surface area contributed by atoms with E-state index in [1.807, 2.05) is 0 Å². The molecule has 0 saturated carbocycles. The predicted octanol–water partition coefficient (Wildman–Crippen LogP) is 1.81. The van der Waals surface area contributed by atoms with Gasteiger partial charge in [0, 0.05) is 18.8 Å². The maximum absolute atomic E-state index is 13.5. The Morgan fingerprint density at radius 3 is 2.44 bits per heavy atom. The summed E-state index contributed by atoms with van der Waals surface area (Å²) in [4.78, 5) is 51.3. The lowest BCUT2D eigenvalue weighted by Crippen LogP contribution is -2.40. The van der Waals surface area contributed by atoms with Gasteiger partial charge in [0.1, 0.15) is 6.54 Å². The van der Waals surface area contributed by atoms with Crippen LogP contribution in [0.4, 0.5) is 5.69 Å². The van der Waals surface area contributed by atoms with E-state index in [0.29, 0.717) is 33.8 Å². The van der Waals surface area contributed by atoms with Gasteiger partial charge >= 0.3 is 5.69 Å². The smallest absolute Gasteiger partial charge is 0.336 e. The molecular weight excluding hydrogens is 464 g/mol. The lowest BCUT2D eigenvalue weighted by Gasteiger charge is -2.14. The maximum atomic E-state index is 13.5. The summed E-state index contributed by atoms with van der Waals surface area (Å²) < 4.78 is 12.9. The van der Waals surface area contributed by atoms with Gasteiger partial charge in [0.15, 0.2) is 11.5 Å². The van der Waals surface area contributed by atoms with E-state index in [1.54, 1.807) is 73.8 Å². The van der Waals surface area contributed by atoms with Crippen molar-refractivity contribution in [2.75, 3.05) is 19.2 Å². The first-order chi connectivity index (χ1) is 17.4. The normalized spacial score (nSPS) is 11.9. The Morgan fingerprint density at radius 2 is 1.67 bits per heavy atom. The Hall–Kier alpha value is -4.86. The highest BCUT2D eigenvalue weighted by Gasteiger charge is 2.18. The van der Waals surface area contributed by atoms with Crippen molar-refractivity contribution in [2.45, 2.75) is 13.0 Å². The molecule has 10 nitrogen and oxygen atoms in total. The first-order valence-corrected chi connectivity index (χ1v) is 11.2. The summed E-state index contributed by atoms with van der Waals surface area (Å²) in [6.45, 7) is -0.203. The monoisotopic (exact) mass is 486 g/mol. The van der Waals surface area contributed by atoms with E-state index in [-0.39, 0.29) is 25.7 Å². The molecule has 36 heavy (non-hydrogen) atoms. The fraction of sp³-hybridized carbons (Fsp3) is 0.154. The summed E-state index contributed by atoms with van der Waals surface area (Å²) in [5.41, 5.74) is 0.750. The van der Waals surface area contributed by atoms with Gasteiger partial charge in [-0.05, 0) is 42.0 Å². The molecule has 0 spiro atoms. The van der Waals surface area contributed by atoms with Crippen molar-refractivity contribution in [1.82, 2.24) is 14.5 Å². The summed E-state index contributed by atoms with van der Waals surface area (Å²) in [5.74, 6) is 0.501. The number of hydrogen-bond donors (Lipinski definition) is 2. The van der Waals surface area contributed by atoms with Crippen LogP contribution in [0.25, 0.3) is 16.6 Å². The third kappa shape index (κ3) is 4.31. The molecule has 0 radical (unpaired) electrons. The Bertz CT molecular complexity index is 1600. The Kier molecular flexibility index (Phi) is 5.99. The molecule has 5 rings (SSSR count). The number of fused-ring (bicyclic) bond motifs is 2. The third-order valence-corrected chi connectivity index (χ3v) is 5.85. The second-order valence-corrected chi connectivity index (χ2v) is 8.16. The molecule has 2 amide bonds. The van der Waals surface area contributed by atoms with E-state index >= 15 is 0 Å². The fourth-order valence-corrected chi connectivity index (χ4v) is 4.06. The van der Waals surface area contributed by atoms with Gasteiger partial charge in [-0.3, -0.25) is 19.0 Å². The van der Waals surface area contributed by atoms with Crippen molar-refractivity contribution < 1.29 is 19.1 Å². The fourth-order valence-electron chi connectivity index (χ4n) is 4.06. The van der Waals surface area contributed by atoms with Crippen molar-refractivity contribution >= 4 is 28.4 Å². The van der Waals surface area contributed by atoms with Crippen LogP contribution >= 0.6 is 0 Å². The van der Waals surface area contributed by atoms with E-state index in [2.05, 4.69) is 10.6 Å². The standard InChI is InChI=1S/C26H22N4O6/c1-27-23(31)12-16-6-9-18(10-7-16)30-25(33)19-4-2-3-5-20(19)29(26(30)34)14-24(32)28-17-8-11-21-22(13-17)36-15-35-21/h2-11,13H,12,14-15H2,1H3,(H,27,31)(H,28,32). The van der Waals surface area contributed by atoms with Gasteiger partial charge < -0.3 is 20.1 Å². The molecule has 0 aliphatic carbocycles. The number of amides is 2. The lowest BCUT2D eigenvalue weighted by atomic mass is 10.1. The van der Waals surface area contributed by atoms with Gasteiger partial charge in [0.25, 0.3) is 5.56 Å². The molecule has 1 aromatic heterocycles. The van der Waals surface area contributed by atoms with Crippen molar-refractivity contribution in [3.63, 3.8) is 0 Å². The summed E-state index contributed by atoms with van der Waals surface area (Å²) in [5, 5.41) is 5.61. The van der Waals surface area contributed by atoms with Crippen LogP contribution in [0.5, 0.6) is 11.5 Å². The van der Waals surface area contributed by atoms with Gasteiger partial charge in [-0.2, -0.15) is 0 Å². The summed E-state index contributed by atoms with van der Waals surface area (Å²) in [6, 6.07) is 18.2.